The Morgan fingerprint density at radius 3 is 2.38 bits per heavy atom. The van der Waals surface area contributed by atoms with Gasteiger partial charge < -0.3 is 19.5 Å². The Morgan fingerprint density at radius 2 is 1.72 bits per heavy atom. The van der Waals surface area contributed by atoms with Gasteiger partial charge in [-0.05, 0) is 31.2 Å². The number of carbonyl (C=O) groups is 1. The van der Waals surface area contributed by atoms with Gasteiger partial charge in [0.2, 0.25) is 10.0 Å². The molecule has 0 saturated heterocycles. The minimum Gasteiger partial charge on any atom is -0.496 e. The second-order valence-electron chi connectivity index (χ2n) is 6.19. The molecule has 0 fully saturated rings. The summed E-state index contributed by atoms with van der Waals surface area (Å²) in [5.74, 6) is 0.379. The van der Waals surface area contributed by atoms with Crippen LogP contribution in [-0.2, 0) is 14.8 Å². The fourth-order valence-electron chi connectivity index (χ4n) is 2.77. The third-order valence-corrected chi connectivity index (χ3v) is 5.75. The molecule has 0 spiro atoms. The molecule has 1 unspecified atom stereocenters. The van der Waals surface area contributed by atoms with Gasteiger partial charge in [-0.1, -0.05) is 18.2 Å². The van der Waals surface area contributed by atoms with Crippen LogP contribution in [0.5, 0.6) is 11.5 Å². The molecule has 2 N–H and O–H groups in total. The third-order valence-electron chi connectivity index (χ3n) is 4.27. The summed E-state index contributed by atoms with van der Waals surface area (Å²) in [5, 5.41) is 2.86. The van der Waals surface area contributed by atoms with Crippen molar-refractivity contribution in [1.82, 2.24) is 10.0 Å². The van der Waals surface area contributed by atoms with E-state index >= 15 is 0 Å². The monoisotopic (exact) mass is 422 g/mol. The summed E-state index contributed by atoms with van der Waals surface area (Å²) >= 11 is 0. The van der Waals surface area contributed by atoms with Crippen molar-refractivity contribution in [3.63, 3.8) is 0 Å². The van der Waals surface area contributed by atoms with Crippen LogP contribution in [0.25, 0.3) is 0 Å². The summed E-state index contributed by atoms with van der Waals surface area (Å²) in [6.45, 7) is 2.14. The Morgan fingerprint density at radius 1 is 1.03 bits per heavy atom. The number of hydrogen-bond donors (Lipinski definition) is 2. The van der Waals surface area contributed by atoms with Crippen molar-refractivity contribution in [2.45, 2.75) is 17.9 Å². The van der Waals surface area contributed by atoms with Crippen molar-refractivity contribution in [2.75, 3.05) is 34.5 Å². The number of amides is 1. The van der Waals surface area contributed by atoms with Crippen LogP contribution < -0.4 is 19.5 Å². The Bertz CT molecular complexity index is 946. The molecule has 0 aliphatic heterocycles. The highest BCUT2D eigenvalue weighted by Crippen LogP contribution is 2.27. The van der Waals surface area contributed by atoms with Gasteiger partial charge in [0.05, 0.1) is 26.9 Å². The topological polar surface area (TPSA) is 103 Å². The molecule has 9 heteroatoms. The molecule has 2 aromatic rings. The van der Waals surface area contributed by atoms with Gasteiger partial charge in [0.15, 0.2) is 0 Å². The summed E-state index contributed by atoms with van der Waals surface area (Å²) in [6, 6.07) is 11.3. The zero-order valence-corrected chi connectivity index (χ0v) is 17.7. The summed E-state index contributed by atoms with van der Waals surface area (Å²) in [7, 11) is 0.525. The number of sulfonamides is 1. The summed E-state index contributed by atoms with van der Waals surface area (Å²) in [6.07, 6.45) is 0. The first kappa shape index (κ1) is 22.7. The Hall–Kier alpha value is -2.62. The predicted molar refractivity (Wildman–Crippen MR) is 109 cm³/mol. The Kier molecular flexibility index (Phi) is 8.00. The van der Waals surface area contributed by atoms with E-state index in [0.717, 1.165) is 5.56 Å². The minimum atomic E-state index is -3.88. The quantitative estimate of drug-likeness (QED) is 0.569. The smallest absolute Gasteiger partial charge is 0.251 e. The van der Waals surface area contributed by atoms with E-state index in [4.69, 9.17) is 14.2 Å². The molecule has 29 heavy (non-hydrogen) atoms. The third kappa shape index (κ3) is 5.69. The van der Waals surface area contributed by atoms with Crippen molar-refractivity contribution in [1.29, 1.82) is 0 Å². The van der Waals surface area contributed by atoms with Gasteiger partial charge in [0.25, 0.3) is 5.91 Å². The molecule has 0 radical (unpaired) electrons. The van der Waals surface area contributed by atoms with Gasteiger partial charge in [-0.3, -0.25) is 4.79 Å². The second-order valence-corrected chi connectivity index (χ2v) is 7.93. The van der Waals surface area contributed by atoms with Crippen molar-refractivity contribution < 1.29 is 27.4 Å². The maximum Gasteiger partial charge on any atom is 0.251 e. The van der Waals surface area contributed by atoms with Gasteiger partial charge in [-0.2, -0.15) is 0 Å². The first-order valence-corrected chi connectivity index (χ1v) is 10.4. The minimum absolute atomic E-state index is 0.100. The van der Waals surface area contributed by atoms with Crippen molar-refractivity contribution in [3.8, 4) is 11.5 Å². The summed E-state index contributed by atoms with van der Waals surface area (Å²) < 4.78 is 43.0. The van der Waals surface area contributed by atoms with Crippen LogP contribution in [-0.4, -0.2) is 48.8 Å². The van der Waals surface area contributed by atoms with E-state index in [-0.39, 0.29) is 35.4 Å². The van der Waals surface area contributed by atoms with E-state index in [1.165, 1.54) is 32.4 Å². The molecule has 0 aliphatic rings. The molecule has 8 nitrogen and oxygen atoms in total. The fourth-order valence-corrected chi connectivity index (χ4v) is 3.97. The average molecular weight is 423 g/mol. The number of carbonyl (C=O) groups excluding carboxylic acids is 1. The maximum absolute atomic E-state index is 12.7. The van der Waals surface area contributed by atoms with Crippen LogP contribution in [0.1, 0.15) is 28.9 Å². The zero-order chi connectivity index (χ0) is 21.4. The maximum atomic E-state index is 12.7. The first-order valence-electron chi connectivity index (χ1n) is 8.94. The molecule has 0 saturated carbocycles. The van der Waals surface area contributed by atoms with E-state index in [9.17, 15) is 13.2 Å². The van der Waals surface area contributed by atoms with Crippen molar-refractivity contribution in [3.05, 3.63) is 53.6 Å². The van der Waals surface area contributed by atoms with Crippen LogP contribution in [0.15, 0.2) is 47.4 Å². The van der Waals surface area contributed by atoms with Gasteiger partial charge in [0.1, 0.15) is 16.4 Å². The van der Waals surface area contributed by atoms with E-state index < -0.39 is 15.9 Å². The normalized spacial score (nSPS) is 12.3. The number of para-hydroxylation sites is 1. The molecule has 2 rings (SSSR count). The molecular formula is C20H26N2O6S. The van der Waals surface area contributed by atoms with Crippen LogP contribution in [0.3, 0.4) is 0 Å². The van der Waals surface area contributed by atoms with E-state index in [2.05, 4.69) is 10.0 Å². The van der Waals surface area contributed by atoms with E-state index in [1.54, 1.807) is 7.11 Å². The number of rotatable bonds is 10. The van der Waals surface area contributed by atoms with Gasteiger partial charge >= 0.3 is 0 Å². The highest BCUT2D eigenvalue weighted by Gasteiger charge is 2.22. The zero-order valence-electron chi connectivity index (χ0n) is 16.9. The lowest BCUT2D eigenvalue weighted by Gasteiger charge is -2.18. The standard InChI is InChI=1S/C20H26N2O6S/c1-14(16-7-5-6-8-17(16)27-3)22-20(23)15-9-10-18(28-4)19(13-15)29(24,25)21-11-12-26-2/h5-10,13-14,21H,11-12H2,1-4H3,(H,22,23). The highest BCUT2D eigenvalue weighted by molar-refractivity contribution is 7.89. The number of methoxy groups -OCH3 is 3. The fraction of sp³-hybridized carbons (Fsp3) is 0.350. The first-order chi connectivity index (χ1) is 13.8. The Labute approximate surface area is 171 Å². The SMILES string of the molecule is COCCNS(=O)(=O)c1cc(C(=O)NC(C)c2ccccc2OC)ccc1OC. The number of benzene rings is 2. The molecule has 158 valence electrons. The molecule has 0 heterocycles. The molecule has 1 atom stereocenters. The molecule has 2 aromatic carbocycles. The van der Waals surface area contributed by atoms with Crippen molar-refractivity contribution >= 4 is 15.9 Å². The van der Waals surface area contributed by atoms with Gasteiger partial charge in [-0.25, -0.2) is 13.1 Å². The summed E-state index contributed by atoms with van der Waals surface area (Å²) in [5.41, 5.74) is 1.01. The van der Waals surface area contributed by atoms with Crippen molar-refractivity contribution in [2.24, 2.45) is 0 Å². The predicted octanol–water partition coefficient (Wildman–Crippen LogP) is 2.12. The lowest BCUT2D eigenvalue weighted by atomic mass is 10.1. The van der Waals surface area contributed by atoms with Crippen LogP contribution >= 0.6 is 0 Å². The lowest BCUT2D eigenvalue weighted by Crippen LogP contribution is -2.29. The number of hydrogen-bond acceptors (Lipinski definition) is 6. The van der Waals surface area contributed by atoms with Crippen LogP contribution in [0.4, 0.5) is 0 Å². The van der Waals surface area contributed by atoms with Crippen LogP contribution in [0.2, 0.25) is 0 Å². The molecule has 0 aliphatic carbocycles. The largest absolute Gasteiger partial charge is 0.496 e. The Balaban J connectivity index is 2.27. The lowest BCUT2D eigenvalue weighted by molar-refractivity contribution is 0.0939. The number of nitrogens with one attached hydrogen (secondary N) is 2. The van der Waals surface area contributed by atoms with Gasteiger partial charge in [-0.15, -0.1) is 0 Å². The van der Waals surface area contributed by atoms with Crippen LogP contribution in [0, 0.1) is 0 Å². The molecule has 0 bridgehead atoms. The van der Waals surface area contributed by atoms with E-state index in [0.29, 0.717) is 5.75 Å². The van der Waals surface area contributed by atoms with Gasteiger partial charge in [0, 0.05) is 24.8 Å². The highest BCUT2D eigenvalue weighted by atomic mass is 32.2. The number of ether oxygens (including phenoxy) is 3. The molecule has 0 aromatic heterocycles. The molecular weight excluding hydrogens is 396 g/mol. The summed E-state index contributed by atoms with van der Waals surface area (Å²) in [4.78, 5) is 12.6. The average Bonchev–Trinajstić information content (AvgIpc) is 2.73. The van der Waals surface area contributed by atoms with E-state index in [1.807, 2.05) is 31.2 Å². The second kappa shape index (κ2) is 10.2. The molecule has 1 amide bonds.